The maximum Gasteiger partial charge on any atom is 0.243 e. The fourth-order valence-corrected chi connectivity index (χ4v) is 8.52. The van der Waals surface area contributed by atoms with Crippen molar-refractivity contribution in [2.24, 2.45) is 38.7 Å². The van der Waals surface area contributed by atoms with Crippen molar-refractivity contribution >= 4 is 76.0 Å². The summed E-state index contributed by atoms with van der Waals surface area (Å²) in [5, 5.41) is 21.8. The van der Waals surface area contributed by atoms with E-state index >= 15 is 4.39 Å². The van der Waals surface area contributed by atoms with Crippen LogP contribution < -0.4 is 71.2 Å². The lowest BCUT2D eigenvalue weighted by molar-refractivity contribution is -0.135. The molecule has 0 radical (unpaired) electrons. The van der Waals surface area contributed by atoms with E-state index in [0.717, 1.165) is 11.6 Å². The second-order valence-electron chi connectivity index (χ2n) is 18.6. The number of carbonyl (C=O) groups is 9. The molecule has 78 heavy (non-hydrogen) atoms. The number of amides is 9. The van der Waals surface area contributed by atoms with Gasteiger partial charge in [0, 0.05) is 81.2 Å². The number of rotatable bonds is 18. The van der Waals surface area contributed by atoms with Crippen LogP contribution in [0.4, 0.5) is 4.39 Å². The lowest BCUT2D eigenvalue weighted by Crippen LogP contribution is -2.60. The molecule has 20 N–H and O–H groups in total. The number of nitrogens with one attached hydrogen (secondary N) is 10. The number of fused-ring (bicyclic) bond motifs is 1. The van der Waals surface area contributed by atoms with Crippen molar-refractivity contribution < 1.29 is 47.5 Å². The zero-order chi connectivity index (χ0) is 56.7. The lowest BCUT2D eigenvalue weighted by Gasteiger charge is -2.28. The summed E-state index contributed by atoms with van der Waals surface area (Å²) in [6.07, 6.45) is 2.98. The third-order valence-electron chi connectivity index (χ3n) is 12.5. The molecule has 3 heterocycles. The average Bonchev–Trinajstić information content (AvgIpc) is 4.07. The van der Waals surface area contributed by atoms with E-state index in [1.165, 1.54) is 37.6 Å². The summed E-state index contributed by atoms with van der Waals surface area (Å²) in [5.41, 5.74) is 29.4. The van der Waals surface area contributed by atoms with Crippen LogP contribution in [0.3, 0.4) is 0 Å². The van der Waals surface area contributed by atoms with E-state index in [1.54, 1.807) is 30.5 Å². The van der Waals surface area contributed by atoms with Gasteiger partial charge in [-0.3, -0.25) is 53.1 Å². The van der Waals surface area contributed by atoms with Gasteiger partial charge in [-0.1, -0.05) is 36.4 Å². The molecule has 9 amide bonds. The molecule has 27 nitrogen and oxygen atoms in total. The zero-order valence-electron chi connectivity index (χ0n) is 43.1. The van der Waals surface area contributed by atoms with E-state index in [9.17, 15) is 43.2 Å². The van der Waals surface area contributed by atoms with Crippen molar-refractivity contribution in [2.45, 2.75) is 120 Å². The van der Waals surface area contributed by atoms with Crippen molar-refractivity contribution in [2.75, 3.05) is 19.6 Å². The van der Waals surface area contributed by atoms with Crippen LogP contribution in [-0.2, 0) is 62.4 Å². The molecule has 0 aliphatic carbocycles. The van der Waals surface area contributed by atoms with Gasteiger partial charge >= 0.3 is 0 Å². The monoisotopic (exact) mass is 1080 g/mol. The molecule has 420 valence electrons. The molecular weight excluding hydrogens is 1020 g/mol. The van der Waals surface area contributed by atoms with E-state index in [4.69, 9.17) is 28.7 Å². The predicted molar refractivity (Wildman–Crippen MR) is 284 cm³/mol. The molecule has 0 saturated carbocycles. The number of para-hydroxylation sites is 1. The minimum Gasteiger partial charge on any atom is -0.370 e. The highest BCUT2D eigenvalue weighted by Crippen LogP contribution is 2.20. The van der Waals surface area contributed by atoms with Crippen LogP contribution in [-0.4, -0.2) is 142 Å². The standard InChI is InChI=1S/C50H69FN18O9/c1-27(70)63-35(13-7-19-59-49(53)54)43(73)65-36-14-6-18-58-41(71)17-16-34(42(52)72)64-46(76)39(22-29-24-61-33-12-5-3-10-31(29)33)67-44(74)37(15-8-20-60-50(55)56)66-47(77)38(21-28-9-2-4-11-32(28)51)68-48(78)40(69-45(36)75)23-30-25-57-26-62-30/h2-5,9-12,24-26,34-40,61H,6-8,13-23H2,1H3,(H2,52,72)(H,57,62)(H,58,71)(H,63,70)(H,64,76)(H,65,73)(H,66,77)(H,67,74)(H,68,78)(H,69,75)(H4,53,54,59)(H4,55,56,60)/t34-,35+,36-,37-,38+,39-,40-/m0/s1. The highest BCUT2D eigenvalue weighted by molar-refractivity contribution is 5.98. The summed E-state index contributed by atoms with van der Waals surface area (Å²) in [5.74, 6) is -8.69. The second kappa shape index (κ2) is 29.8. The molecule has 4 aromatic rings. The van der Waals surface area contributed by atoms with Gasteiger partial charge in [0.1, 0.15) is 48.1 Å². The number of imidazole rings is 1. The second-order valence-corrected chi connectivity index (χ2v) is 18.6. The summed E-state index contributed by atoms with van der Waals surface area (Å²) < 4.78 is 15.4. The van der Waals surface area contributed by atoms with Crippen LogP contribution in [0.15, 0.2) is 77.2 Å². The largest absolute Gasteiger partial charge is 0.370 e. The van der Waals surface area contributed by atoms with E-state index in [-0.39, 0.29) is 101 Å². The number of hydrogen-bond donors (Lipinski definition) is 15. The number of nitrogens with two attached hydrogens (primary N) is 5. The molecular formula is C50H69FN18O9. The first-order chi connectivity index (χ1) is 37.3. The summed E-state index contributed by atoms with van der Waals surface area (Å²) in [6.45, 7) is 1.23. The quantitative estimate of drug-likeness (QED) is 0.0265. The number of benzene rings is 2. The van der Waals surface area contributed by atoms with Crippen LogP contribution in [0, 0.1) is 5.82 Å². The molecule has 2 aromatic carbocycles. The number of H-pyrrole nitrogens is 2. The van der Waals surface area contributed by atoms with Crippen LogP contribution in [0.1, 0.15) is 75.1 Å². The third kappa shape index (κ3) is 19.2. The predicted octanol–water partition coefficient (Wildman–Crippen LogP) is -3.25. The average molecular weight is 1090 g/mol. The fourth-order valence-electron chi connectivity index (χ4n) is 8.52. The van der Waals surface area contributed by atoms with Gasteiger partial charge in [0.25, 0.3) is 0 Å². The first-order valence-corrected chi connectivity index (χ1v) is 25.3. The van der Waals surface area contributed by atoms with E-state index in [2.05, 4.69) is 67.5 Å². The summed E-state index contributed by atoms with van der Waals surface area (Å²) in [6, 6.07) is 2.54. The smallest absolute Gasteiger partial charge is 0.243 e. The number of aliphatic imine (C=N–C) groups is 2. The van der Waals surface area contributed by atoms with Gasteiger partial charge in [0.2, 0.25) is 53.2 Å². The van der Waals surface area contributed by atoms with Gasteiger partial charge < -0.3 is 81.2 Å². The first kappa shape index (κ1) is 59.8. The molecule has 1 aliphatic rings. The van der Waals surface area contributed by atoms with Crippen LogP contribution in [0.5, 0.6) is 0 Å². The minimum atomic E-state index is -1.65. The third-order valence-corrected chi connectivity index (χ3v) is 12.5. The van der Waals surface area contributed by atoms with Crippen molar-refractivity contribution in [3.05, 3.63) is 89.9 Å². The SMILES string of the molecule is CC(=O)N[C@H](CCCN=C(N)N)C(=O)N[C@H]1CCCNC(=O)CC[C@@H](C(N)=O)NC(=O)[C@H](Cc2c[nH]c3ccccc23)NC(=O)[C@H](CCCN=C(N)N)NC(=O)[C@@H](Cc2ccccc2F)NC(=O)[C@H](Cc2cnc[nH]2)NC1=O. The molecule has 0 spiro atoms. The normalized spacial score (nSPS) is 20.7. The summed E-state index contributed by atoms with van der Waals surface area (Å²) in [7, 11) is 0. The number of aromatic nitrogens is 3. The number of guanidine groups is 2. The topological polar surface area (TPSA) is 449 Å². The van der Waals surface area contributed by atoms with E-state index in [0.29, 0.717) is 16.6 Å². The van der Waals surface area contributed by atoms with Crippen LogP contribution >= 0.6 is 0 Å². The minimum absolute atomic E-state index is 0.00571. The van der Waals surface area contributed by atoms with Crippen molar-refractivity contribution in [3.63, 3.8) is 0 Å². The van der Waals surface area contributed by atoms with Crippen molar-refractivity contribution in [1.82, 2.24) is 57.5 Å². The molecule has 1 aliphatic heterocycles. The molecule has 1 fully saturated rings. The fraction of sp³-hybridized carbons (Fsp3) is 0.440. The number of carbonyl (C=O) groups excluding carboxylic acids is 9. The van der Waals surface area contributed by atoms with Crippen LogP contribution in [0.2, 0.25) is 0 Å². The highest BCUT2D eigenvalue weighted by atomic mass is 19.1. The Kier molecular flexibility index (Phi) is 22.9. The Morgan fingerprint density at radius 2 is 1.32 bits per heavy atom. The number of nitrogens with zero attached hydrogens (tertiary/aromatic N) is 3. The van der Waals surface area contributed by atoms with Gasteiger partial charge in [-0.25, -0.2) is 9.37 Å². The number of primary amides is 1. The van der Waals surface area contributed by atoms with E-state index < -0.39 is 108 Å². The summed E-state index contributed by atoms with van der Waals surface area (Å²) in [4.78, 5) is 143. The van der Waals surface area contributed by atoms with Crippen LogP contribution in [0.25, 0.3) is 10.9 Å². The molecule has 7 atom stereocenters. The Bertz CT molecular complexity index is 2800. The zero-order valence-corrected chi connectivity index (χ0v) is 43.1. The number of aromatic amines is 2. The first-order valence-electron chi connectivity index (χ1n) is 25.3. The maximum absolute atomic E-state index is 15.4. The molecule has 2 aromatic heterocycles. The maximum atomic E-state index is 15.4. The van der Waals surface area contributed by atoms with Gasteiger partial charge in [-0.05, 0) is 68.2 Å². The van der Waals surface area contributed by atoms with Gasteiger partial charge in [-0.15, -0.1) is 0 Å². The van der Waals surface area contributed by atoms with Crippen molar-refractivity contribution in [1.29, 1.82) is 0 Å². The molecule has 5 rings (SSSR count). The summed E-state index contributed by atoms with van der Waals surface area (Å²) >= 11 is 0. The van der Waals surface area contributed by atoms with Gasteiger partial charge in [0.15, 0.2) is 11.9 Å². The molecule has 0 bridgehead atoms. The van der Waals surface area contributed by atoms with Gasteiger partial charge in [0.05, 0.1) is 6.33 Å². The Balaban J connectivity index is 1.56. The molecule has 28 heteroatoms. The number of hydrogen-bond acceptors (Lipinski definition) is 12. The highest BCUT2D eigenvalue weighted by Gasteiger charge is 2.35. The Morgan fingerprint density at radius 3 is 1.97 bits per heavy atom. The lowest BCUT2D eigenvalue weighted by atomic mass is 10.0. The number of halogens is 1. The molecule has 1 saturated heterocycles. The molecule has 0 unspecified atom stereocenters. The Labute approximate surface area is 447 Å². The van der Waals surface area contributed by atoms with E-state index in [1.807, 2.05) is 0 Å². The Morgan fingerprint density at radius 1 is 0.718 bits per heavy atom. The van der Waals surface area contributed by atoms with Crippen molar-refractivity contribution in [3.8, 4) is 0 Å². The van der Waals surface area contributed by atoms with Gasteiger partial charge in [-0.2, -0.15) is 0 Å². The Hall–Kier alpha value is -9.11.